The Hall–Kier alpha value is -2.38. The van der Waals surface area contributed by atoms with E-state index in [0.29, 0.717) is 11.5 Å². The van der Waals surface area contributed by atoms with Crippen molar-refractivity contribution in [1.82, 2.24) is 9.88 Å². The summed E-state index contributed by atoms with van der Waals surface area (Å²) in [5, 5.41) is 3.95. The maximum atomic E-state index is 12.4. The molecule has 0 unspecified atom stereocenters. The maximum Gasteiger partial charge on any atom is 0.243 e. The van der Waals surface area contributed by atoms with Crippen LogP contribution in [0.4, 0.5) is 5.69 Å². The van der Waals surface area contributed by atoms with Gasteiger partial charge in [0.05, 0.1) is 22.5 Å². The monoisotopic (exact) mass is 427 g/mol. The van der Waals surface area contributed by atoms with Gasteiger partial charge in [-0.05, 0) is 44.0 Å². The van der Waals surface area contributed by atoms with E-state index in [0.717, 1.165) is 37.6 Å². The van der Waals surface area contributed by atoms with Gasteiger partial charge in [-0.2, -0.15) is 0 Å². The van der Waals surface area contributed by atoms with Crippen molar-refractivity contribution in [2.24, 2.45) is 0 Å². The first-order chi connectivity index (χ1) is 13.8. The molecule has 0 fully saturated rings. The molecular formula is C22H25N3O2S2. The van der Waals surface area contributed by atoms with Gasteiger partial charge in [-0.3, -0.25) is 9.59 Å². The fourth-order valence-electron chi connectivity index (χ4n) is 3.18. The second kappa shape index (κ2) is 9.41. The van der Waals surface area contributed by atoms with Crippen LogP contribution in [0.5, 0.6) is 0 Å². The molecule has 3 aromatic rings. The summed E-state index contributed by atoms with van der Waals surface area (Å²) in [7, 11) is 1.66. The molecule has 1 aromatic heterocycles. The van der Waals surface area contributed by atoms with Gasteiger partial charge < -0.3 is 10.2 Å². The highest BCUT2D eigenvalue weighted by Crippen LogP contribution is 2.25. The number of aryl methyl sites for hydroxylation is 3. The number of carbonyl (C=O) groups is 2. The largest absolute Gasteiger partial charge is 0.336 e. The molecule has 3 rings (SSSR count). The standard InChI is InChI=1S/C22H25N3O2S2/c1-14-9-15(2)22(16(3)10-14)24-19(26)11-25(4)21(27)13-28-12-20-23-17-7-5-6-8-18(17)29-20/h5-10H,11-13H2,1-4H3,(H,24,26). The number of nitrogens with zero attached hydrogens (tertiary/aromatic N) is 2. The van der Waals surface area contributed by atoms with Gasteiger partial charge in [0.25, 0.3) is 0 Å². The average Bonchev–Trinajstić information content (AvgIpc) is 3.07. The van der Waals surface area contributed by atoms with Crippen LogP contribution in [0.3, 0.4) is 0 Å². The number of aromatic nitrogens is 1. The third-order valence-corrected chi connectivity index (χ3v) is 6.68. The Morgan fingerprint density at radius 1 is 1.14 bits per heavy atom. The number of fused-ring (bicyclic) bond motifs is 1. The first-order valence-corrected chi connectivity index (χ1v) is 11.3. The number of benzene rings is 2. The fourth-order valence-corrected chi connectivity index (χ4v) is 5.16. The summed E-state index contributed by atoms with van der Waals surface area (Å²) in [6.07, 6.45) is 0. The normalized spacial score (nSPS) is 10.9. The van der Waals surface area contributed by atoms with Crippen LogP contribution in [-0.4, -0.2) is 41.0 Å². The van der Waals surface area contributed by atoms with Gasteiger partial charge in [0.15, 0.2) is 0 Å². The van der Waals surface area contributed by atoms with Gasteiger partial charge in [-0.25, -0.2) is 4.98 Å². The van der Waals surface area contributed by atoms with E-state index in [-0.39, 0.29) is 18.4 Å². The summed E-state index contributed by atoms with van der Waals surface area (Å²) in [5.74, 6) is 0.755. The Morgan fingerprint density at radius 2 is 1.83 bits per heavy atom. The van der Waals surface area contributed by atoms with Crippen LogP contribution in [0.1, 0.15) is 21.7 Å². The number of hydrogen-bond donors (Lipinski definition) is 1. The molecule has 1 N–H and O–H groups in total. The van der Waals surface area contributed by atoms with Crippen LogP contribution in [0.25, 0.3) is 10.2 Å². The maximum absolute atomic E-state index is 12.4. The first kappa shape index (κ1) is 21.3. The van der Waals surface area contributed by atoms with Crippen LogP contribution in [-0.2, 0) is 15.3 Å². The van der Waals surface area contributed by atoms with Crippen molar-refractivity contribution >= 4 is 50.8 Å². The zero-order valence-corrected chi connectivity index (χ0v) is 18.7. The molecule has 0 atom stereocenters. The van der Waals surface area contributed by atoms with Gasteiger partial charge in [0.2, 0.25) is 11.8 Å². The quantitative estimate of drug-likeness (QED) is 0.601. The SMILES string of the molecule is Cc1cc(C)c(NC(=O)CN(C)C(=O)CSCc2nc3ccccc3s2)c(C)c1. The Labute approximate surface area is 179 Å². The molecule has 1 heterocycles. The predicted molar refractivity (Wildman–Crippen MR) is 123 cm³/mol. The van der Waals surface area contributed by atoms with Crippen molar-refractivity contribution in [3.63, 3.8) is 0 Å². The number of hydrogen-bond acceptors (Lipinski definition) is 5. The number of likely N-dealkylation sites (N-methyl/N-ethyl adjacent to an activating group) is 1. The number of nitrogens with one attached hydrogen (secondary N) is 1. The van der Waals surface area contributed by atoms with E-state index in [4.69, 9.17) is 0 Å². The summed E-state index contributed by atoms with van der Waals surface area (Å²) in [5.41, 5.74) is 5.03. The summed E-state index contributed by atoms with van der Waals surface area (Å²) >= 11 is 3.17. The van der Waals surface area contributed by atoms with Gasteiger partial charge >= 0.3 is 0 Å². The van der Waals surface area contributed by atoms with Crippen molar-refractivity contribution in [3.8, 4) is 0 Å². The molecule has 0 radical (unpaired) electrons. The Kier molecular flexibility index (Phi) is 6.92. The van der Waals surface area contributed by atoms with Crippen molar-refractivity contribution in [2.45, 2.75) is 26.5 Å². The molecule has 0 spiro atoms. The van der Waals surface area contributed by atoms with E-state index in [2.05, 4.69) is 16.4 Å². The highest BCUT2D eigenvalue weighted by atomic mass is 32.2. The third kappa shape index (κ3) is 5.58. The fraction of sp³-hybridized carbons (Fsp3) is 0.318. The number of thioether (sulfide) groups is 1. The Balaban J connectivity index is 1.48. The Morgan fingerprint density at radius 3 is 2.52 bits per heavy atom. The summed E-state index contributed by atoms with van der Waals surface area (Å²) in [6.45, 7) is 6.02. The molecule has 7 heteroatoms. The summed E-state index contributed by atoms with van der Waals surface area (Å²) < 4.78 is 1.16. The van der Waals surface area contributed by atoms with Gasteiger partial charge in [-0.1, -0.05) is 29.8 Å². The van der Waals surface area contributed by atoms with Gasteiger partial charge in [-0.15, -0.1) is 23.1 Å². The minimum Gasteiger partial charge on any atom is -0.336 e. The molecular weight excluding hydrogens is 402 g/mol. The molecule has 152 valence electrons. The van der Waals surface area contributed by atoms with E-state index in [1.807, 2.05) is 51.1 Å². The van der Waals surface area contributed by atoms with Crippen molar-refractivity contribution in [2.75, 3.05) is 24.7 Å². The van der Waals surface area contributed by atoms with Crippen molar-refractivity contribution in [3.05, 3.63) is 58.1 Å². The zero-order valence-electron chi connectivity index (χ0n) is 17.1. The molecule has 2 amide bonds. The van der Waals surface area contributed by atoms with Gasteiger partial charge in [0.1, 0.15) is 5.01 Å². The van der Waals surface area contributed by atoms with E-state index < -0.39 is 0 Å². The van der Waals surface area contributed by atoms with Crippen LogP contribution >= 0.6 is 23.1 Å². The molecule has 5 nitrogen and oxygen atoms in total. The van der Waals surface area contributed by atoms with Crippen LogP contribution < -0.4 is 5.32 Å². The molecule has 0 saturated heterocycles. The predicted octanol–water partition coefficient (Wildman–Crippen LogP) is 4.55. The lowest BCUT2D eigenvalue weighted by Crippen LogP contribution is -2.36. The van der Waals surface area contributed by atoms with E-state index >= 15 is 0 Å². The average molecular weight is 428 g/mol. The molecule has 0 aliphatic carbocycles. The van der Waals surface area contributed by atoms with Gasteiger partial charge in [0, 0.05) is 18.5 Å². The summed E-state index contributed by atoms with van der Waals surface area (Å²) in [6, 6.07) is 12.1. The number of amides is 2. The van der Waals surface area contributed by atoms with Crippen molar-refractivity contribution < 1.29 is 9.59 Å². The number of rotatable bonds is 7. The van der Waals surface area contributed by atoms with Crippen LogP contribution in [0.15, 0.2) is 36.4 Å². The topological polar surface area (TPSA) is 62.3 Å². The lowest BCUT2D eigenvalue weighted by atomic mass is 10.1. The Bertz CT molecular complexity index is 989. The number of para-hydroxylation sites is 1. The van der Waals surface area contributed by atoms with E-state index in [1.165, 1.54) is 16.7 Å². The highest BCUT2D eigenvalue weighted by molar-refractivity contribution is 7.99. The molecule has 0 saturated carbocycles. The molecule has 2 aromatic carbocycles. The first-order valence-electron chi connectivity index (χ1n) is 9.37. The summed E-state index contributed by atoms with van der Waals surface area (Å²) in [4.78, 5) is 30.8. The van der Waals surface area contributed by atoms with E-state index in [1.54, 1.807) is 18.4 Å². The van der Waals surface area contributed by atoms with Crippen molar-refractivity contribution in [1.29, 1.82) is 0 Å². The molecule has 0 aliphatic rings. The molecule has 29 heavy (non-hydrogen) atoms. The van der Waals surface area contributed by atoms with Crippen LogP contribution in [0.2, 0.25) is 0 Å². The third-order valence-electron chi connectivity index (χ3n) is 4.54. The number of carbonyl (C=O) groups excluding carboxylic acids is 2. The second-order valence-electron chi connectivity index (χ2n) is 7.14. The number of thiazole rings is 1. The molecule has 0 aliphatic heterocycles. The second-order valence-corrected chi connectivity index (χ2v) is 9.24. The zero-order chi connectivity index (χ0) is 21.0. The minimum atomic E-state index is -0.188. The highest BCUT2D eigenvalue weighted by Gasteiger charge is 2.15. The molecule has 0 bridgehead atoms. The number of anilines is 1. The smallest absolute Gasteiger partial charge is 0.243 e. The lowest BCUT2D eigenvalue weighted by Gasteiger charge is -2.18. The minimum absolute atomic E-state index is 0.0350. The van der Waals surface area contributed by atoms with Crippen LogP contribution in [0, 0.1) is 20.8 Å². The lowest BCUT2D eigenvalue weighted by molar-refractivity contribution is -0.131. The van der Waals surface area contributed by atoms with E-state index in [9.17, 15) is 9.59 Å².